The first kappa shape index (κ1) is 37.4. The fourth-order valence-corrected chi connectivity index (χ4v) is 5.57. The lowest BCUT2D eigenvalue weighted by atomic mass is 10.2. The van der Waals surface area contributed by atoms with Crippen molar-refractivity contribution in [1.82, 2.24) is 4.48 Å². The molecule has 0 fully saturated rings. The number of nitrogens with one attached hydrogen (secondary N) is 1. The highest BCUT2D eigenvalue weighted by molar-refractivity contribution is 5.63. The number of anilines is 6. The van der Waals surface area contributed by atoms with Gasteiger partial charge in [0, 0.05) is 58.4 Å². The van der Waals surface area contributed by atoms with Crippen LogP contribution in [0.3, 0.4) is 0 Å². The molecule has 0 aromatic heterocycles. The van der Waals surface area contributed by atoms with E-state index >= 15 is 0 Å². The molecule has 8 N–H and O–H groups in total. The molecule has 0 bridgehead atoms. The van der Waals surface area contributed by atoms with Gasteiger partial charge in [-0.1, -0.05) is 0 Å². The topological polar surface area (TPSA) is 135 Å². The van der Waals surface area contributed by atoms with Gasteiger partial charge in [-0.2, -0.15) is 0 Å². The molecule has 0 aliphatic carbocycles. The van der Waals surface area contributed by atoms with Crippen LogP contribution in [0.1, 0.15) is 0 Å². The van der Waals surface area contributed by atoms with Crippen molar-refractivity contribution in [2.24, 2.45) is 0 Å². The Kier molecular flexibility index (Phi) is 12.1. The molecule has 0 aliphatic rings. The summed E-state index contributed by atoms with van der Waals surface area (Å²) >= 11 is 0. The minimum absolute atomic E-state index is 0. The van der Waals surface area contributed by atoms with Crippen LogP contribution in [-0.2, 0) is 0 Å². The zero-order valence-electron chi connectivity index (χ0n) is 29.2. The summed E-state index contributed by atoms with van der Waals surface area (Å²) in [4.78, 5) is 4.02. The molecule has 0 unspecified atom stereocenters. The molecule has 0 radical (unpaired) electrons. The number of rotatable bonds is 14. The summed E-state index contributed by atoms with van der Waals surface area (Å²) in [6, 6.07) is 46.4. The van der Waals surface area contributed by atoms with Crippen molar-refractivity contribution in [3.05, 3.63) is 146 Å². The van der Waals surface area contributed by atoms with E-state index in [2.05, 4.69) is 60.7 Å². The Hall–Kier alpha value is -5.88. The van der Waals surface area contributed by atoms with Gasteiger partial charge in [-0.25, -0.2) is 0 Å². The number of ether oxygens (including phenoxy) is 2. The summed E-state index contributed by atoms with van der Waals surface area (Å²) in [5, 5.41) is 14.1. The maximum absolute atomic E-state index is 10.5. The molecule has 0 spiro atoms. The van der Waals surface area contributed by atoms with Crippen LogP contribution in [0.2, 0.25) is 0 Å². The van der Waals surface area contributed by atoms with E-state index in [1.165, 1.54) is 0 Å². The SMILES string of the molecule is C[N+](C)(c1ccc(N)cc1)c1ccc(NCN(CN(CO)c2ccc(Oc3ccc(N)cc3)cc2)c2ccc(Oc3ccc(N)cc3)cc2)cc1.[Br-]. The Labute approximate surface area is 315 Å². The monoisotopic (exact) mass is 761 g/mol. The van der Waals surface area contributed by atoms with Crippen LogP contribution < -0.4 is 63.3 Å². The maximum atomic E-state index is 10.5. The highest BCUT2D eigenvalue weighted by Gasteiger charge is 2.22. The molecule has 0 aliphatic heterocycles. The van der Waals surface area contributed by atoms with E-state index in [-0.39, 0.29) is 23.7 Å². The Morgan fingerprint density at radius 2 is 0.865 bits per heavy atom. The van der Waals surface area contributed by atoms with E-state index < -0.39 is 0 Å². The smallest absolute Gasteiger partial charge is 0.137 e. The van der Waals surface area contributed by atoms with Crippen molar-refractivity contribution in [1.29, 1.82) is 0 Å². The van der Waals surface area contributed by atoms with Crippen LogP contribution in [0.5, 0.6) is 23.0 Å². The Bertz CT molecular complexity index is 1990. The highest BCUT2D eigenvalue weighted by Crippen LogP contribution is 2.32. The van der Waals surface area contributed by atoms with E-state index in [0.29, 0.717) is 52.2 Å². The third-order valence-corrected chi connectivity index (χ3v) is 8.67. The highest BCUT2D eigenvalue weighted by atomic mass is 79.9. The van der Waals surface area contributed by atoms with Crippen LogP contribution in [0.4, 0.5) is 45.5 Å². The molecule has 10 nitrogen and oxygen atoms in total. The molecule has 0 saturated carbocycles. The third-order valence-electron chi connectivity index (χ3n) is 8.67. The van der Waals surface area contributed by atoms with Crippen LogP contribution in [0.25, 0.3) is 0 Å². The number of hydrogen-bond donors (Lipinski definition) is 5. The normalized spacial score (nSPS) is 10.9. The average molecular weight is 763 g/mol. The first-order chi connectivity index (χ1) is 24.7. The molecular weight excluding hydrogens is 718 g/mol. The largest absolute Gasteiger partial charge is 1.00 e. The second-order valence-corrected chi connectivity index (χ2v) is 12.6. The second-order valence-electron chi connectivity index (χ2n) is 12.6. The van der Waals surface area contributed by atoms with Gasteiger partial charge in [-0.15, -0.1) is 0 Å². The molecular formula is C41H44BrN7O3. The van der Waals surface area contributed by atoms with Crippen molar-refractivity contribution >= 4 is 45.5 Å². The molecule has 6 aromatic rings. The van der Waals surface area contributed by atoms with Crippen molar-refractivity contribution in [3.8, 4) is 23.0 Å². The van der Waals surface area contributed by atoms with Gasteiger partial charge in [0.05, 0.1) is 27.4 Å². The summed E-state index contributed by atoms with van der Waals surface area (Å²) in [5.74, 6) is 2.77. The van der Waals surface area contributed by atoms with Crippen LogP contribution in [0.15, 0.2) is 146 Å². The fourth-order valence-electron chi connectivity index (χ4n) is 5.57. The zero-order chi connectivity index (χ0) is 35.8. The second kappa shape index (κ2) is 16.9. The number of nitrogens with two attached hydrogens (primary N) is 3. The van der Waals surface area contributed by atoms with Crippen molar-refractivity contribution in [3.63, 3.8) is 0 Å². The summed E-state index contributed by atoms with van der Waals surface area (Å²) < 4.78 is 12.6. The standard InChI is InChI=1S/C41H44N7O3.BrH/c1-48(2,36-15-3-30(42)4-16-36)37-17-9-33(10-18-37)45-27-46(34-11-23-40(24-12-34)50-38-19-5-31(43)6-20-38)28-47(29-49)35-13-25-41(26-14-35)51-39-21-7-32(44)8-22-39;/h3-26,45,49H,27-29,42-44H2,1-2H3;1H/q+1;/p-1. The lowest BCUT2D eigenvalue weighted by molar-refractivity contribution is -0.0000122. The number of benzene rings is 6. The number of hydrogen-bond acceptors (Lipinski definition) is 9. The molecule has 11 heteroatoms. The van der Waals surface area contributed by atoms with Crippen molar-refractivity contribution in [2.75, 3.05) is 66.5 Å². The molecule has 0 amide bonds. The predicted molar refractivity (Wildman–Crippen MR) is 211 cm³/mol. The van der Waals surface area contributed by atoms with Crippen LogP contribution in [0, 0.1) is 0 Å². The van der Waals surface area contributed by atoms with Crippen LogP contribution in [-0.4, -0.2) is 39.3 Å². The number of nitrogens with zero attached hydrogens (tertiary/aromatic N) is 3. The number of aliphatic hydroxyl groups is 1. The third kappa shape index (κ3) is 9.46. The summed E-state index contributed by atoms with van der Waals surface area (Å²) in [6.07, 6.45) is 0. The van der Waals surface area contributed by atoms with E-state index in [4.69, 9.17) is 26.7 Å². The van der Waals surface area contributed by atoms with Crippen molar-refractivity contribution in [2.45, 2.75) is 0 Å². The van der Waals surface area contributed by atoms with Gasteiger partial charge in [-0.3, -0.25) is 4.48 Å². The minimum Gasteiger partial charge on any atom is -1.00 e. The van der Waals surface area contributed by atoms with E-state index in [0.717, 1.165) is 34.1 Å². The molecule has 0 saturated heterocycles. The van der Waals surface area contributed by atoms with Gasteiger partial charge in [-0.05, 0) is 121 Å². The summed E-state index contributed by atoms with van der Waals surface area (Å²) in [7, 11) is 4.30. The lowest BCUT2D eigenvalue weighted by Gasteiger charge is -2.33. The number of nitrogen functional groups attached to an aromatic ring is 3. The Balaban J connectivity index is 0.00000523. The first-order valence-electron chi connectivity index (χ1n) is 16.6. The molecule has 52 heavy (non-hydrogen) atoms. The number of quaternary nitrogens is 1. The molecule has 6 aromatic carbocycles. The Morgan fingerprint density at radius 1 is 0.519 bits per heavy atom. The predicted octanol–water partition coefficient (Wildman–Crippen LogP) is 5.21. The lowest BCUT2D eigenvalue weighted by Crippen LogP contribution is -3.00. The maximum Gasteiger partial charge on any atom is 0.137 e. The summed E-state index contributed by atoms with van der Waals surface area (Å²) in [6.45, 7) is 0.654. The fraction of sp³-hybridized carbons (Fsp3) is 0.122. The van der Waals surface area contributed by atoms with Crippen LogP contribution >= 0.6 is 0 Å². The average Bonchev–Trinajstić information content (AvgIpc) is 3.15. The number of aliphatic hydroxyl groups excluding tert-OH is 1. The zero-order valence-corrected chi connectivity index (χ0v) is 30.8. The minimum atomic E-state index is -0.195. The van der Waals surface area contributed by atoms with Gasteiger partial charge >= 0.3 is 0 Å². The van der Waals surface area contributed by atoms with Gasteiger partial charge < -0.3 is 63.9 Å². The van der Waals surface area contributed by atoms with Gasteiger partial charge in [0.25, 0.3) is 0 Å². The van der Waals surface area contributed by atoms with E-state index in [1.54, 1.807) is 12.1 Å². The molecule has 6 rings (SSSR count). The first-order valence-corrected chi connectivity index (χ1v) is 16.6. The molecule has 0 atom stereocenters. The molecule has 0 heterocycles. The number of halogens is 1. The van der Waals surface area contributed by atoms with Gasteiger partial charge in [0.1, 0.15) is 41.1 Å². The Morgan fingerprint density at radius 3 is 1.27 bits per heavy atom. The molecule has 268 valence electrons. The quantitative estimate of drug-likeness (QED) is 0.0576. The summed E-state index contributed by atoms with van der Waals surface area (Å²) in [5.41, 5.74) is 24.7. The van der Waals surface area contributed by atoms with Crippen molar-refractivity contribution < 1.29 is 31.6 Å². The van der Waals surface area contributed by atoms with E-state index in [9.17, 15) is 5.11 Å². The van der Waals surface area contributed by atoms with E-state index in [1.807, 2.05) is 102 Å². The van der Waals surface area contributed by atoms with Gasteiger partial charge in [0.15, 0.2) is 0 Å². The van der Waals surface area contributed by atoms with Gasteiger partial charge in [0.2, 0.25) is 0 Å².